The van der Waals surface area contributed by atoms with E-state index < -0.39 is 23.5 Å². The summed E-state index contributed by atoms with van der Waals surface area (Å²) in [5.41, 5.74) is 0.775. The van der Waals surface area contributed by atoms with Crippen molar-refractivity contribution in [2.45, 2.75) is 19.9 Å². The van der Waals surface area contributed by atoms with Crippen molar-refractivity contribution >= 4 is 11.7 Å². The largest absolute Gasteiger partial charge is 0.503 e. The number of furan rings is 1. The molecule has 1 amide bonds. The molecule has 7 heteroatoms. The van der Waals surface area contributed by atoms with Crippen LogP contribution < -0.4 is 9.64 Å². The Morgan fingerprint density at radius 1 is 1.21 bits per heavy atom. The van der Waals surface area contributed by atoms with E-state index in [4.69, 9.17) is 9.15 Å². The first-order chi connectivity index (χ1) is 14.0. The van der Waals surface area contributed by atoms with Gasteiger partial charge in [-0.25, -0.2) is 0 Å². The van der Waals surface area contributed by atoms with Gasteiger partial charge in [-0.2, -0.15) is 0 Å². The Balaban J connectivity index is 1.99. The molecule has 1 aliphatic rings. The molecule has 154 valence electrons. The average Bonchev–Trinajstić information content (AvgIpc) is 3.37. The fraction of sp³-hybridized carbons (Fsp3) is 0.364. The molecule has 0 saturated carbocycles. The number of aliphatic hydroxyl groups excluding tert-OH is 1. The number of ether oxygens (including phenoxy) is 1. The SMILES string of the molecule is CC[NH+](CC)CCN1C(=O)C(O)=C(C(=O)c2ccco2)[C@H]1c1ccc(OC)cc1. The van der Waals surface area contributed by atoms with Crippen LogP contribution in [-0.2, 0) is 4.79 Å². The second-order valence-corrected chi connectivity index (χ2v) is 6.95. The van der Waals surface area contributed by atoms with E-state index in [1.807, 2.05) is 12.1 Å². The Hall–Kier alpha value is -3.06. The van der Waals surface area contributed by atoms with Crippen LogP contribution in [0.3, 0.4) is 0 Å². The minimum Gasteiger partial charge on any atom is -0.503 e. The van der Waals surface area contributed by atoms with Gasteiger partial charge in [-0.15, -0.1) is 0 Å². The maximum atomic E-state index is 13.0. The molecule has 1 aromatic heterocycles. The number of rotatable bonds is 9. The van der Waals surface area contributed by atoms with E-state index in [2.05, 4.69) is 13.8 Å². The zero-order valence-electron chi connectivity index (χ0n) is 17.0. The Morgan fingerprint density at radius 3 is 2.45 bits per heavy atom. The summed E-state index contributed by atoms with van der Waals surface area (Å²) < 4.78 is 10.4. The molecule has 0 aliphatic carbocycles. The summed E-state index contributed by atoms with van der Waals surface area (Å²) in [4.78, 5) is 28.8. The number of carbonyl (C=O) groups is 2. The van der Waals surface area contributed by atoms with Crippen molar-refractivity contribution in [3.63, 3.8) is 0 Å². The predicted octanol–water partition coefficient (Wildman–Crippen LogP) is 1.79. The molecule has 2 heterocycles. The number of hydrogen-bond acceptors (Lipinski definition) is 5. The Labute approximate surface area is 170 Å². The Kier molecular flexibility index (Phi) is 6.39. The van der Waals surface area contributed by atoms with Gasteiger partial charge in [0.25, 0.3) is 5.91 Å². The van der Waals surface area contributed by atoms with Crippen molar-refractivity contribution in [3.05, 3.63) is 65.3 Å². The highest BCUT2D eigenvalue weighted by Crippen LogP contribution is 2.39. The number of benzene rings is 1. The molecule has 7 nitrogen and oxygen atoms in total. The van der Waals surface area contributed by atoms with Crippen molar-refractivity contribution in [2.24, 2.45) is 0 Å². The third kappa shape index (κ3) is 4.05. The first-order valence-corrected chi connectivity index (χ1v) is 9.81. The summed E-state index contributed by atoms with van der Waals surface area (Å²) in [5.74, 6) is -0.771. The number of hydrogen-bond donors (Lipinski definition) is 2. The number of nitrogens with zero attached hydrogens (tertiary/aromatic N) is 1. The molecule has 1 aliphatic heterocycles. The number of aliphatic hydroxyl groups is 1. The molecule has 2 N–H and O–H groups in total. The van der Waals surface area contributed by atoms with Gasteiger partial charge in [0.05, 0.1) is 51.2 Å². The van der Waals surface area contributed by atoms with Crippen LogP contribution in [0.2, 0.25) is 0 Å². The standard InChI is InChI=1S/C22H26N2O5/c1-4-23(5-2)12-13-24-19(15-8-10-16(28-3)11-9-15)18(21(26)22(24)27)20(25)17-7-6-14-29-17/h6-11,14,19,26H,4-5,12-13H2,1-3H3/p+1/t19-/m1/s1. The van der Waals surface area contributed by atoms with Crippen molar-refractivity contribution in [1.29, 1.82) is 0 Å². The van der Waals surface area contributed by atoms with E-state index in [0.29, 0.717) is 12.3 Å². The van der Waals surface area contributed by atoms with Crippen LogP contribution in [0.25, 0.3) is 0 Å². The zero-order valence-corrected chi connectivity index (χ0v) is 17.0. The first-order valence-electron chi connectivity index (χ1n) is 9.81. The van der Waals surface area contributed by atoms with Crippen LogP contribution in [-0.4, -0.2) is 55.0 Å². The number of methoxy groups -OCH3 is 1. The summed E-state index contributed by atoms with van der Waals surface area (Å²) in [7, 11) is 1.57. The van der Waals surface area contributed by atoms with Crippen molar-refractivity contribution in [1.82, 2.24) is 4.90 Å². The monoisotopic (exact) mass is 399 g/mol. The van der Waals surface area contributed by atoms with Crippen LogP contribution >= 0.6 is 0 Å². The first kappa shape index (κ1) is 20.7. The Bertz CT molecular complexity index is 882. The maximum Gasteiger partial charge on any atom is 0.290 e. The van der Waals surface area contributed by atoms with Crippen LogP contribution in [0.4, 0.5) is 0 Å². The van der Waals surface area contributed by atoms with E-state index in [0.717, 1.165) is 25.2 Å². The smallest absolute Gasteiger partial charge is 0.290 e. The van der Waals surface area contributed by atoms with E-state index in [9.17, 15) is 14.7 Å². The van der Waals surface area contributed by atoms with Gasteiger partial charge in [0.15, 0.2) is 11.5 Å². The lowest BCUT2D eigenvalue weighted by atomic mass is 9.95. The van der Waals surface area contributed by atoms with E-state index >= 15 is 0 Å². The molecular weight excluding hydrogens is 372 g/mol. The van der Waals surface area contributed by atoms with Crippen molar-refractivity contribution < 1.29 is 28.7 Å². The number of ketones is 1. The highest BCUT2D eigenvalue weighted by Gasteiger charge is 2.44. The summed E-state index contributed by atoms with van der Waals surface area (Å²) in [6, 6.07) is 9.62. The predicted molar refractivity (Wildman–Crippen MR) is 107 cm³/mol. The van der Waals surface area contributed by atoms with Crippen molar-refractivity contribution in [3.8, 4) is 5.75 Å². The van der Waals surface area contributed by atoms with Crippen LogP contribution in [0.1, 0.15) is 36.0 Å². The summed E-state index contributed by atoms with van der Waals surface area (Å²) in [6.07, 6.45) is 1.39. The molecule has 0 bridgehead atoms. The van der Waals surface area contributed by atoms with E-state index in [-0.39, 0.29) is 11.3 Å². The number of likely N-dealkylation sites (N-methyl/N-ethyl adjacent to an activating group) is 1. The third-order valence-electron chi connectivity index (χ3n) is 5.43. The van der Waals surface area contributed by atoms with Gasteiger partial charge in [-0.3, -0.25) is 9.59 Å². The normalized spacial score (nSPS) is 16.8. The van der Waals surface area contributed by atoms with E-state index in [1.54, 1.807) is 30.2 Å². The third-order valence-corrected chi connectivity index (χ3v) is 5.43. The van der Waals surface area contributed by atoms with Gasteiger partial charge in [-0.05, 0) is 43.7 Å². The number of nitrogens with one attached hydrogen (secondary N) is 1. The lowest BCUT2D eigenvalue weighted by molar-refractivity contribution is -0.895. The number of amides is 1. The van der Waals surface area contributed by atoms with Gasteiger partial charge >= 0.3 is 0 Å². The molecule has 3 rings (SSSR count). The second kappa shape index (κ2) is 8.96. The van der Waals surface area contributed by atoms with Gasteiger partial charge in [0.1, 0.15) is 5.75 Å². The number of quaternary nitrogens is 1. The van der Waals surface area contributed by atoms with Gasteiger partial charge < -0.3 is 24.1 Å². The van der Waals surface area contributed by atoms with E-state index in [1.165, 1.54) is 17.2 Å². The highest BCUT2D eigenvalue weighted by molar-refractivity contribution is 6.15. The molecule has 0 unspecified atom stereocenters. The fourth-order valence-electron chi connectivity index (χ4n) is 3.67. The zero-order chi connectivity index (χ0) is 21.0. The Morgan fingerprint density at radius 2 is 1.90 bits per heavy atom. The molecule has 0 saturated heterocycles. The minimum absolute atomic E-state index is 0.0460. The molecule has 29 heavy (non-hydrogen) atoms. The molecule has 0 spiro atoms. The number of carbonyl (C=O) groups excluding carboxylic acids is 2. The van der Waals surface area contributed by atoms with Crippen LogP contribution in [0.15, 0.2) is 58.4 Å². The summed E-state index contributed by atoms with van der Waals surface area (Å²) in [6.45, 7) is 7.19. The molecule has 0 fully saturated rings. The second-order valence-electron chi connectivity index (χ2n) is 6.95. The molecule has 0 radical (unpaired) electrons. The minimum atomic E-state index is -0.680. The highest BCUT2D eigenvalue weighted by atomic mass is 16.5. The fourth-order valence-corrected chi connectivity index (χ4v) is 3.67. The van der Waals surface area contributed by atoms with Gasteiger partial charge in [0.2, 0.25) is 5.78 Å². The van der Waals surface area contributed by atoms with Crippen molar-refractivity contribution in [2.75, 3.05) is 33.3 Å². The quantitative estimate of drug-likeness (QED) is 0.628. The van der Waals surface area contributed by atoms with Gasteiger partial charge in [-0.1, -0.05) is 12.1 Å². The molecular formula is C22H27N2O5+. The number of Topliss-reactive ketones (excluding diaryl/α,β-unsaturated/α-hetero) is 1. The average molecular weight is 399 g/mol. The molecule has 1 aromatic carbocycles. The van der Waals surface area contributed by atoms with Crippen LogP contribution in [0, 0.1) is 0 Å². The lowest BCUT2D eigenvalue weighted by Gasteiger charge is -2.28. The van der Waals surface area contributed by atoms with Gasteiger partial charge in [0, 0.05) is 0 Å². The topological polar surface area (TPSA) is 84.4 Å². The van der Waals surface area contributed by atoms with Crippen LogP contribution in [0.5, 0.6) is 5.75 Å². The molecule has 1 atom stereocenters. The lowest BCUT2D eigenvalue weighted by Crippen LogP contribution is -3.12. The summed E-state index contributed by atoms with van der Waals surface area (Å²) in [5, 5.41) is 10.6. The summed E-state index contributed by atoms with van der Waals surface area (Å²) >= 11 is 0. The molecule has 2 aromatic rings. The maximum absolute atomic E-state index is 13.0.